The molecule has 0 bridgehead atoms. The van der Waals surface area contributed by atoms with Gasteiger partial charge in [-0.1, -0.05) is 24.6 Å². The fourth-order valence-corrected chi connectivity index (χ4v) is 8.18. The van der Waals surface area contributed by atoms with Crippen molar-refractivity contribution in [2.45, 2.75) is 72.1 Å². The van der Waals surface area contributed by atoms with Crippen molar-refractivity contribution >= 4 is 17.5 Å². The van der Waals surface area contributed by atoms with Gasteiger partial charge in [0.25, 0.3) is 0 Å². The molecular weight excluding hydrogens is 412 g/mol. The van der Waals surface area contributed by atoms with Crippen molar-refractivity contribution in [1.82, 2.24) is 0 Å². The summed E-state index contributed by atoms with van der Waals surface area (Å²) in [4.78, 5) is 29.9. The summed E-state index contributed by atoms with van der Waals surface area (Å²) in [6, 6.07) is 3.59. The average Bonchev–Trinajstić information content (AvgIpc) is 3.15. The Kier molecular flexibility index (Phi) is 5.57. The first-order valence-electron chi connectivity index (χ1n) is 12.7. The molecule has 5 heteroatoms. The second-order valence-corrected chi connectivity index (χ2v) is 11.5. The molecule has 3 saturated carbocycles. The van der Waals surface area contributed by atoms with Gasteiger partial charge in [0.05, 0.1) is 5.71 Å². The number of allylic oxidation sites excluding steroid dienone is 1. The van der Waals surface area contributed by atoms with Gasteiger partial charge in [-0.25, -0.2) is 9.36 Å². The van der Waals surface area contributed by atoms with Crippen molar-refractivity contribution in [2.24, 2.45) is 46.7 Å². The molecule has 1 heterocycles. The number of nitrogens with zero attached hydrogens (tertiary/aromatic N) is 2. The number of hydrogen-bond donors (Lipinski definition) is 0. The highest BCUT2D eigenvalue weighted by Crippen LogP contribution is 2.66. The van der Waals surface area contributed by atoms with Crippen LogP contribution in [0.4, 0.5) is 0 Å². The first-order chi connectivity index (χ1) is 15.7. The summed E-state index contributed by atoms with van der Waals surface area (Å²) in [6.45, 7) is 6.94. The molecule has 0 radical (unpaired) electrons. The molecule has 0 N–H and O–H groups in total. The van der Waals surface area contributed by atoms with E-state index >= 15 is 0 Å². The molecule has 3 fully saturated rings. The van der Waals surface area contributed by atoms with Crippen molar-refractivity contribution < 1.29 is 19.0 Å². The van der Waals surface area contributed by atoms with Crippen LogP contribution in [-0.2, 0) is 16.7 Å². The minimum absolute atomic E-state index is 0.209. The summed E-state index contributed by atoms with van der Waals surface area (Å²) >= 11 is 0. The predicted octanol–water partition coefficient (Wildman–Crippen LogP) is 5.19. The zero-order valence-corrected chi connectivity index (χ0v) is 20.5. The number of aryl methyl sites for hydroxylation is 1. The minimum atomic E-state index is -0.402. The summed E-state index contributed by atoms with van der Waals surface area (Å²) in [5.74, 6) is 2.39. The SMILES string of the molecule is CC(=NOC(=O)c1ccc[n+](C)c1)C1CCC2C3CCC4=CC(=O)CCC4(C)C3CCC12C. The molecule has 0 saturated heterocycles. The molecule has 1 aromatic rings. The van der Waals surface area contributed by atoms with E-state index < -0.39 is 5.97 Å². The van der Waals surface area contributed by atoms with Crippen molar-refractivity contribution in [3.05, 3.63) is 41.7 Å². The van der Waals surface area contributed by atoms with Crippen LogP contribution in [0.2, 0.25) is 0 Å². The number of carbonyl (C=O) groups is 2. The van der Waals surface area contributed by atoms with Crippen LogP contribution >= 0.6 is 0 Å². The van der Waals surface area contributed by atoms with Crippen molar-refractivity contribution in [1.29, 1.82) is 0 Å². The molecule has 5 rings (SSSR count). The number of fused-ring (bicyclic) bond motifs is 5. The quantitative estimate of drug-likeness (QED) is 0.276. The average molecular weight is 450 g/mol. The zero-order valence-electron chi connectivity index (χ0n) is 20.5. The molecule has 6 atom stereocenters. The molecule has 1 aromatic heterocycles. The molecular formula is C28H37N2O3+. The van der Waals surface area contributed by atoms with E-state index in [9.17, 15) is 9.59 Å². The molecule has 0 aliphatic heterocycles. The van der Waals surface area contributed by atoms with E-state index in [0.717, 1.165) is 30.9 Å². The third-order valence-electron chi connectivity index (χ3n) is 9.91. The van der Waals surface area contributed by atoms with Gasteiger partial charge in [-0.2, -0.15) is 0 Å². The standard InChI is InChI=1S/C28H37N2O3/c1-18(29-33-26(32)19-6-5-15-30(4)17-19)23-9-10-24-22-8-7-20-16-21(31)11-13-27(20,2)25(22)12-14-28(23,24)3/h5-6,15-17,22-25H,7-14H2,1-4H3/q+1. The van der Waals surface area contributed by atoms with Crippen LogP contribution in [0.25, 0.3) is 0 Å². The Morgan fingerprint density at radius 2 is 1.94 bits per heavy atom. The Balaban J connectivity index is 1.33. The maximum atomic E-state index is 12.5. The van der Waals surface area contributed by atoms with Gasteiger partial charge in [0.2, 0.25) is 0 Å². The summed E-state index contributed by atoms with van der Waals surface area (Å²) in [6.07, 6.45) is 14.4. The Hall–Kier alpha value is -2.30. The van der Waals surface area contributed by atoms with Gasteiger partial charge < -0.3 is 4.84 Å². The molecule has 4 aliphatic rings. The molecule has 4 aliphatic carbocycles. The summed E-state index contributed by atoms with van der Waals surface area (Å²) in [5.41, 5.74) is 3.32. The number of carbonyl (C=O) groups excluding carboxylic acids is 2. The predicted molar refractivity (Wildman–Crippen MR) is 126 cm³/mol. The number of hydrogen-bond acceptors (Lipinski definition) is 4. The van der Waals surface area contributed by atoms with E-state index in [0.29, 0.717) is 35.5 Å². The zero-order chi connectivity index (χ0) is 23.4. The van der Waals surface area contributed by atoms with Crippen LogP contribution in [0.1, 0.15) is 82.5 Å². The van der Waals surface area contributed by atoms with E-state index in [1.807, 2.05) is 36.9 Å². The Labute approximate surface area is 197 Å². The van der Waals surface area contributed by atoms with E-state index in [4.69, 9.17) is 4.84 Å². The highest BCUT2D eigenvalue weighted by atomic mass is 16.7. The molecule has 176 valence electrons. The van der Waals surface area contributed by atoms with Crippen LogP contribution < -0.4 is 4.57 Å². The lowest BCUT2D eigenvalue weighted by Gasteiger charge is -2.58. The molecule has 6 unspecified atom stereocenters. The van der Waals surface area contributed by atoms with Gasteiger partial charge in [-0.05, 0) is 92.6 Å². The van der Waals surface area contributed by atoms with Gasteiger partial charge in [0.15, 0.2) is 18.2 Å². The molecule has 0 amide bonds. The van der Waals surface area contributed by atoms with E-state index in [1.54, 1.807) is 12.3 Å². The van der Waals surface area contributed by atoms with Crippen LogP contribution in [0.5, 0.6) is 0 Å². The van der Waals surface area contributed by atoms with Crippen molar-refractivity contribution in [3.8, 4) is 0 Å². The second-order valence-electron chi connectivity index (χ2n) is 11.5. The lowest BCUT2D eigenvalue weighted by atomic mass is 9.46. The van der Waals surface area contributed by atoms with Crippen LogP contribution in [-0.4, -0.2) is 17.5 Å². The molecule has 33 heavy (non-hydrogen) atoms. The van der Waals surface area contributed by atoms with Crippen LogP contribution in [0.3, 0.4) is 0 Å². The summed E-state index contributed by atoms with van der Waals surface area (Å²) < 4.78 is 1.84. The number of pyridine rings is 1. The Morgan fingerprint density at radius 1 is 1.12 bits per heavy atom. The summed E-state index contributed by atoms with van der Waals surface area (Å²) in [5, 5.41) is 4.35. The number of ketones is 1. The van der Waals surface area contributed by atoms with E-state index in [1.165, 1.54) is 31.3 Å². The lowest BCUT2D eigenvalue weighted by molar-refractivity contribution is -0.671. The second kappa shape index (κ2) is 8.18. The first kappa shape index (κ1) is 22.5. The maximum Gasteiger partial charge on any atom is 0.371 e. The van der Waals surface area contributed by atoms with Gasteiger partial charge in [-0.3, -0.25) is 4.79 Å². The summed E-state index contributed by atoms with van der Waals surface area (Å²) in [7, 11) is 1.89. The van der Waals surface area contributed by atoms with Gasteiger partial charge >= 0.3 is 5.97 Å². The lowest BCUT2D eigenvalue weighted by Crippen LogP contribution is -2.51. The van der Waals surface area contributed by atoms with Crippen LogP contribution in [0.15, 0.2) is 41.3 Å². The van der Waals surface area contributed by atoms with Crippen molar-refractivity contribution in [2.75, 3.05) is 0 Å². The van der Waals surface area contributed by atoms with Crippen molar-refractivity contribution in [3.63, 3.8) is 0 Å². The smallest absolute Gasteiger partial charge is 0.313 e. The third-order valence-corrected chi connectivity index (χ3v) is 9.91. The number of oxime groups is 1. The Bertz CT molecular complexity index is 1040. The first-order valence-corrected chi connectivity index (χ1v) is 12.7. The van der Waals surface area contributed by atoms with Gasteiger partial charge in [-0.15, -0.1) is 0 Å². The maximum absolute atomic E-state index is 12.5. The van der Waals surface area contributed by atoms with Crippen LogP contribution in [0, 0.1) is 34.5 Å². The van der Waals surface area contributed by atoms with Gasteiger partial charge in [0.1, 0.15) is 12.6 Å². The van der Waals surface area contributed by atoms with E-state index in [-0.39, 0.29) is 10.8 Å². The fourth-order valence-electron chi connectivity index (χ4n) is 8.18. The monoisotopic (exact) mass is 449 g/mol. The van der Waals surface area contributed by atoms with E-state index in [2.05, 4.69) is 19.0 Å². The largest absolute Gasteiger partial charge is 0.371 e. The number of aromatic nitrogens is 1. The highest BCUT2D eigenvalue weighted by molar-refractivity contribution is 5.92. The number of rotatable bonds is 3. The molecule has 0 aromatic carbocycles. The van der Waals surface area contributed by atoms with Gasteiger partial charge in [0, 0.05) is 18.4 Å². The third kappa shape index (κ3) is 3.68. The topological polar surface area (TPSA) is 59.6 Å². The molecule has 5 nitrogen and oxygen atoms in total. The molecule has 0 spiro atoms. The highest BCUT2D eigenvalue weighted by Gasteiger charge is 2.59. The Morgan fingerprint density at radius 3 is 2.73 bits per heavy atom. The fraction of sp³-hybridized carbons (Fsp3) is 0.643. The minimum Gasteiger partial charge on any atom is -0.313 e. The normalized spacial score (nSPS) is 38.1.